The van der Waals surface area contributed by atoms with Gasteiger partial charge in [0.05, 0.1) is 0 Å². The Morgan fingerprint density at radius 1 is 0.607 bits per heavy atom. The maximum atomic E-state index is 14.7. The van der Waals surface area contributed by atoms with E-state index >= 15 is 0 Å². The first-order chi connectivity index (χ1) is 27.3. The van der Waals surface area contributed by atoms with Crippen LogP contribution in [-0.2, 0) is 38.4 Å². The number of likely N-dealkylation sites (N-methyl/N-ethyl adjacent to an activating group) is 1. The molecule has 2 aliphatic rings. The Morgan fingerprint density at radius 2 is 1.12 bits per heavy atom. The van der Waals surface area contributed by atoms with Gasteiger partial charge < -0.3 is 31.1 Å². The molecule has 0 saturated carbocycles. The summed E-state index contributed by atoms with van der Waals surface area (Å²) in [6, 6.07) is 35.1. The van der Waals surface area contributed by atoms with Gasteiger partial charge in [-0.15, -0.1) is 0 Å². The highest BCUT2D eigenvalue weighted by Gasteiger charge is 2.36. The monoisotopic (exact) mass is 752 g/mol. The smallest absolute Gasteiger partial charge is 0.245 e. The highest BCUT2D eigenvalue weighted by Crippen LogP contribution is 2.22. The topological polar surface area (TPSA) is 123 Å². The highest BCUT2D eigenvalue weighted by atomic mass is 16.2. The first-order valence-electron chi connectivity index (χ1n) is 19.9. The molecule has 2 aliphatic heterocycles. The Balaban J connectivity index is 1.20. The maximum absolute atomic E-state index is 14.7. The van der Waals surface area contributed by atoms with Gasteiger partial charge in [-0.2, -0.15) is 0 Å². The molecule has 3 unspecified atom stereocenters. The van der Waals surface area contributed by atoms with Crippen molar-refractivity contribution in [3.63, 3.8) is 0 Å². The third kappa shape index (κ3) is 9.61. The molecule has 10 heteroatoms. The number of fused-ring (bicyclic) bond motifs is 2. The number of benzene rings is 5. The number of nitrogens with zero attached hydrogens (tertiary/aromatic N) is 2. The average molecular weight is 753 g/mol. The van der Waals surface area contributed by atoms with Crippen LogP contribution in [0.4, 0.5) is 0 Å². The lowest BCUT2D eigenvalue weighted by Gasteiger charge is -2.34. The van der Waals surface area contributed by atoms with Gasteiger partial charge in [0.2, 0.25) is 23.6 Å². The van der Waals surface area contributed by atoms with E-state index in [9.17, 15) is 19.2 Å². The van der Waals surface area contributed by atoms with Crippen LogP contribution in [-0.4, -0.2) is 97.9 Å². The van der Waals surface area contributed by atoms with Crippen molar-refractivity contribution in [2.24, 2.45) is 5.92 Å². The second kappa shape index (κ2) is 18.4. The Labute approximate surface area is 329 Å². The SMILES string of the molecule is CN(C(=O)C1CCNCC1)C(Cc1ccc2ccccc2c1)C(=O)NC(Cc1ccc2ccccc2c1)C(=O)NC(Cc1ccccc1)C(=O)N1CCNCC1. The molecule has 0 aromatic heterocycles. The molecule has 0 spiro atoms. The fraction of sp³-hybridized carbons (Fsp3) is 0.348. The van der Waals surface area contributed by atoms with Crippen molar-refractivity contribution in [1.29, 1.82) is 0 Å². The Morgan fingerprint density at radius 3 is 1.75 bits per heavy atom. The first-order valence-corrected chi connectivity index (χ1v) is 19.9. The second-order valence-electron chi connectivity index (χ2n) is 15.1. The van der Waals surface area contributed by atoms with Crippen molar-refractivity contribution in [2.45, 2.75) is 50.2 Å². The predicted octanol–water partition coefficient (Wildman–Crippen LogP) is 4.25. The third-order valence-corrected chi connectivity index (χ3v) is 11.3. The summed E-state index contributed by atoms with van der Waals surface area (Å²) in [6.07, 6.45) is 2.17. The van der Waals surface area contributed by atoms with Gasteiger partial charge in [0.1, 0.15) is 18.1 Å². The fourth-order valence-corrected chi connectivity index (χ4v) is 8.01. The molecule has 10 nitrogen and oxygen atoms in total. The van der Waals surface area contributed by atoms with Gasteiger partial charge in [0.15, 0.2) is 0 Å². The van der Waals surface area contributed by atoms with Gasteiger partial charge in [-0.25, -0.2) is 0 Å². The predicted molar refractivity (Wildman–Crippen MR) is 221 cm³/mol. The molecular formula is C46H52N6O4. The van der Waals surface area contributed by atoms with Crippen LogP contribution in [0, 0.1) is 5.92 Å². The normalized spacial score (nSPS) is 16.5. The molecule has 0 radical (unpaired) electrons. The molecule has 5 aromatic rings. The third-order valence-electron chi connectivity index (χ3n) is 11.3. The van der Waals surface area contributed by atoms with Crippen molar-refractivity contribution >= 4 is 45.2 Å². The molecule has 2 heterocycles. The van der Waals surface area contributed by atoms with E-state index in [-0.39, 0.29) is 30.6 Å². The molecule has 2 fully saturated rings. The number of piperazine rings is 1. The molecule has 2 saturated heterocycles. The second-order valence-corrected chi connectivity index (χ2v) is 15.1. The lowest BCUT2D eigenvalue weighted by molar-refractivity contribution is -0.143. The van der Waals surface area contributed by atoms with Crippen LogP contribution in [0.15, 0.2) is 115 Å². The number of hydrogen-bond donors (Lipinski definition) is 4. The summed E-state index contributed by atoms with van der Waals surface area (Å²) in [7, 11) is 1.70. The molecule has 4 N–H and O–H groups in total. The molecular weight excluding hydrogens is 701 g/mol. The maximum Gasteiger partial charge on any atom is 0.245 e. The van der Waals surface area contributed by atoms with E-state index in [4.69, 9.17) is 0 Å². The number of amides is 4. The van der Waals surface area contributed by atoms with E-state index < -0.39 is 29.9 Å². The van der Waals surface area contributed by atoms with Crippen LogP contribution in [0.1, 0.15) is 29.5 Å². The van der Waals surface area contributed by atoms with Crippen molar-refractivity contribution in [3.05, 3.63) is 132 Å². The Bertz CT molecular complexity index is 2150. The Kier molecular flexibility index (Phi) is 12.7. The zero-order chi connectivity index (χ0) is 38.9. The molecule has 7 rings (SSSR count). The number of rotatable bonds is 13. The van der Waals surface area contributed by atoms with E-state index in [2.05, 4.69) is 27.3 Å². The summed E-state index contributed by atoms with van der Waals surface area (Å²) < 4.78 is 0. The van der Waals surface area contributed by atoms with Crippen LogP contribution in [0.3, 0.4) is 0 Å². The Hall–Kier alpha value is -5.58. The minimum atomic E-state index is -1.03. The van der Waals surface area contributed by atoms with E-state index in [0.717, 1.165) is 51.3 Å². The van der Waals surface area contributed by atoms with Gasteiger partial charge in [-0.05, 0) is 64.2 Å². The fourth-order valence-electron chi connectivity index (χ4n) is 8.01. The lowest BCUT2D eigenvalue weighted by atomic mass is 9.94. The highest BCUT2D eigenvalue weighted by molar-refractivity contribution is 5.95. The van der Waals surface area contributed by atoms with Gasteiger partial charge in [0.25, 0.3) is 0 Å². The van der Waals surface area contributed by atoms with Crippen LogP contribution < -0.4 is 21.3 Å². The quantitative estimate of drug-likeness (QED) is 0.143. The first kappa shape index (κ1) is 38.7. The molecule has 4 amide bonds. The summed E-state index contributed by atoms with van der Waals surface area (Å²) in [5.41, 5.74) is 2.70. The van der Waals surface area contributed by atoms with Gasteiger partial charge in [0, 0.05) is 58.4 Å². The standard InChI is InChI=1S/C46H52N6O4/c1-51(45(55)37-19-21-47-22-20-37)42(31-34-16-18-36-12-6-8-14-39(36)28-34)44(54)49-40(30-33-15-17-35-11-5-7-13-38(35)27-33)43(53)50-41(29-32-9-3-2-4-10-32)46(56)52-25-23-48-24-26-52/h2-18,27-28,37,40-42,47-48H,19-26,29-31H2,1H3,(H,49,54)(H,50,53). The molecule has 5 aromatic carbocycles. The van der Waals surface area contributed by atoms with E-state index in [0.29, 0.717) is 45.4 Å². The van der Waals surface area contributed by atoms with Gasteiger partial charge in [-0.1, -0.05) is 115 Å². The van der Waals surface area contributed by atoms with Gasteiger partial charge >= 0.3 is 0 Å². The summed E-state index contributed by atoms with van der Waals surface area (Å²) in [5, 5.41) is 17.0. The summed E-state index contributed by atoms with van der Waals surface area (Å²) in [5.74, 6) is -1.29. The largest absolute Gasteiger partial charge is 0.342 e. The number of hydrogen-bond acceptors (Lipinski definition) is 6. The summed E-state index contributed by atoms with van der Waals surface area (Å²) >= 11 is 0. The summed E-state index contributed by atoms with van der Waals surface area (Å²) in [4.78, 5) is 60.8. The van der Waals surface area contributed by atoms with Crippen molar-refractivity contribution in [1.82, 2.24) is 31.1 Å². The van der Waals surface area contributed by atoms with Gasteiger partial charge in [-0.3, -0.25) is 19.2 Å². The zero-order valence-electron chi connectivity index (χ0n) is 32.1. The minimum absolute atomic E-state index is 0.0764. The lowest BCUT2D eigenvalue weighted by Crippen LogP contribution is -2.60. The number of carbonyl (C=O) groups is 4. The number of piperidine rings is 1. The molecule has 0 aliphatic carbocycles. The van der Waals surface area contributed by atoms with Crippen molar-refractivity contribution in [3.8, 4) is 0 Å². The van der Waals surface area contributed by atoms with Crippen molar-refractivity contribution in [2.75, 3.05) is 46.3 Å². The number of nitrogens with one attached hydrogen (secondary N) is 4. The number of carbonyl (C=O) groups excluding carboxylic acids is 4. The van der Waals surface area contributed by atoms with E-state index in [1.165, 1.54) is 0 Å². The van der Waals surface area contributed by atoms with E-state index in [1.54, 1.807) is 16.8 Å². The molecule has 3 atom stereocenters. The van der Waals surface area contributed by atoms with Crippen LogP contribution >= 0.6 is 0 Å². The van der Waals surface area contributed by atoms with Crippen LogP contribution in [0.2, 0.25) is 0 Å². The summed E-state index contributed by atoms with van der Waals surface area (Å²) in [6.45, 7) is 3.95. The van der Waals surface area contributed by atoms with Crippen molar-refractivity contribution < 1.29 is 19.2 Å². The molecule has 56 heavy (non-hydrogen) atoms. The molecule has 290 valence electrons. The van der Waals surface area contributed by atoms with E-state index in [1.807, 2.05) is 109 Å². The molecule has 0 bridgehead atoms. The van der Waals surface area contributed by atoms with Crippen LogP contribution in [0.5, 0.6) is 0 Å². The zero-order valence-corrected chi connectivity index (χ0v) is 32.1. The average Bonchev–Trinajstić information content (AvgIpc) is 3.25. The van der Waals surface area contributed by atoms with Crippen LogP contribution in [0.25, 0.3) is 21.5 Å². The minimum Gasteiger partial charge on any atom is -0.342 e.